The Kier molecular flexibility index (Phi) is 3.27. The molecule has 0 aliphatic heterocycles. The van der Waals surface area contributed by atoms with Crippen molar-refractivity contribution in [3.63, 3.8) is 0 Å². The van der Waals surface area contributed by atoms with Crippen molar-refractivity contribution < 1.29 is 5.11 Å². The molecule has 15 heavy (non-hydrogen) atoms. The second kappa shape index (κ2) is 4.67. The molecule has 1 fully saturated rings. The molecule has 0 aromatic heterocycles. The van der Waals surface area contributed by atoms with Crippen LogP contribution in [0, 0.1) is 5.92 Å². The Morgan fingerprint density at radius 2 is 2.13 bits per heavy atom. The maximum Gasteiger partial charge on any atom is 0.0701 e. The standard InChI is InChI=1S/C13H19NO/c1-2-12(10-7-8-10)14-13-6-4-3-5-11(13)9-15/h3-6,10,12,14-15H,2,7-9H2,1H3. The summed E-state index contributed by atoms with van der Waals surface area (Å²) in [6, 6.07) is 8.59. The van der Waals surface area contributed by atoms with E-state index >= 15 is 0 Å². The summed E-state index contributed by atoms with van der Waals surface area (Å²) in [7, 11) is 0. The monoisotopic (exact) mass is 205 g/mol. The number of benzene rings is 1. The third-order valence-electron chi connectivity index (χ3n) is 3.16. The van der Waals surface area contributed by atoms with Gasteiger partial charge in [0.25, 0.3) is 0 Å². The first-order valence-corrected chi connectivity index (χ1v) is 5.80. The highest BCUT2D eigenvalue weighted by Gasteiger charge is 2.29. The summed E-state index contributed by atoms with van der Waals surface area (Å²) < 4.78 is 0. The Hall–Kier alpha value is -1.02. The van der Waals surface area contributed by atoms with E-state index in [0.717, 1.165) is 23.6 Å². The van der Waals surface area contributed by atoms with Crippen molar-refractivity contribution in [3.8, 4) is 0 Å². The molecule has 2 heteroatoms. The molecule has 1 aromatic rings. The van der Waals surface area contributed by atoms with Crippen molar-refractivity contribution in [1.29, 1.82) is 0 Å². The lowest BCUT2D eigenvalue weighted by molar-refractivity contribution is 0.282. The summed E-state index contributed by atoms with van der Waals surface area (Å²) in [5, 5.41) is 12.8. The molecule has 1 aliphatic rings. The molecule has 1 aromatic carbocycles. The maximum atomic E-state index is 9.22. The first-order valence-electron chi connectivity index (χ1n) is 5.80. The van der Waals surface area contributed by atoms with Gasteiger partial charge in [-0.25, -0.2) is 0 Å². The largest absolute Gasteiger partial charge is 0.392 e. The van der Waals surface area contributed by atoms with Crippen LogP contribution >= 0.6 is 0 Å². The van der Waals surface area contributed by atoms with Crippen molar-refractivity contribution in [2.45, 2.75) is 38.8 Å². The lowest BCUT2D eigenvalue weighted by Gasteiger charge is -2.19. The minimum Gasteiger partial charge on any atom is -0.392 e. The topological polar surface area (TPSA) is 32.3 Å². The maximum absolute atomic E-state index is 9.22. The summed E-state index contributed by atoms with van der Waals surface area (Å²) in [5.41, 5.74) is 2.09. The number of aliphatic hydroxyl groups is 1. The van der Waals surface area contributed by atoms with Crippen LogP contribution in [-0.2, 0) is 6.61 Å². The van der Waals surface area contributed by atoms with Gasteiger partial charge in [0.1, 0.15) is 0 Å². The van der Waals surface area contributed by atoms with Crippen molar-refractivity contribution in [3.05, 3.63) is 29.8 Å². The third kappa shape index (κ3) is 2.51. The van der Waals surface area contributed by atoms with Crippen LogP contribution < -0.4 is 5.32 Å². The first-order chi connectivity index (χ1) is 7.35. The number of para-hydroxylation sites is 1. The van der Waals surface area contributed by atoms with Gasteiger partial charge in [0.2, 0.25) is 0 Å². The van der Waals surface area contributed by atoms with E-state index in [0.29, 0.717) is 6.04 Å². The predicted octanol–water partition coefficient (Wildman–Crippen LogP) is 2.78. The molecule has 82 valence electrons. The van der Waals surface area contributed by atoms with Crippen LogP contribution in [0.15, 0.2) is 24.3 Å². The highest BCUT2D eigenvalue weighted by molar-refractivity contribution is 5.51. The molecule has 2 rings (SSSR count). The van der Waals surface area contributed by atoms with E-state index in [-0.39, 0.29) is 6.61 Å². The Morgan fingerprint density at radius 3 is 2.73 bits per heavy atom. The lowest BCUT2D eigenvalue weighted by Crippen LogP contribution is -2.21. The van der Waals surface area contributed by atoms with Gasteiger partial charge in [-0.15, -0.1) is 0 Å². The van der Waals surface area contributed by atoms with Crippen molar-refractivity contribution >= 4 is 5.69 Å². The fraction of sp³-hybridized carbons (Fsp3) is 0.538. The Morgan fingerprint density at radius 1 is 1.40 bits per heavy atom. The number of nitrogens with one attached hydrogen (secondary N) is 1. The van der Waals surface area contributed by atoms with E-state index in [2.05, 4.69) is 18.3 Å². The molecule has 1 atom stereocenters. The van der Waals surface area contributed by atoms with Crippen LogP contribution in [0.2, 0.25) is 0 Å². The van der Waals surface area contributed by atoms with E-state index in [4.69, 9.17) is 0 Å². The zero-order valence-corrected chi connectivity index (χ0v) is 9.24. The molecule has 0 heterocycles. The summed E-state index contributed by atoms with van der Waals surface area (Å²) >= 11 is 0. The van der Waals surface area contributed by atoms with Crippen LogP contribution in [0.25, 0.3) is 0 Å². The summed E-state index contributed by atoms with van der Waals surface area (Å²) in [5.74, 6) is 0.849. The normalized spacial score (nSPS) is 17.5. The molecule has 0 radical (unpaired) electrons. The Balaban J connectivity index is 2.07. The molecule has 1 saturated carbocycles. The number of hydrogen-bond donors (Lipinski definition) is 2. The van der Waals surface area contributed by atoms with Crippen LogP contribution in [0.3, 0.4) is 0 Å². The lowest BCUT2D eigenvalue weighted by atomic mass is 10.1. The van der Waals surface area contributed by atoms with Gasteiger partial charge in [0.05, 0.1) is 6.61 Å². The van der Waals surface area contributed by atoms with E-state index in [1.54, 1.807) is 0 Å². The molecular formula is C13H19NO. The van der Waals surface area contributed by atoms with Crippen molar-refractivity contribution in [1.82, 2.24) is 0 Å². The SMILES string of the molecule is CCC(Nc1ccccc1CO)C1CC1. The summed E-state index contributed by atoms with van der Waals surface area (Å²) in [4.78, 5) is 0. The quantitative estimate of drug-likeness (QED) is 0.774. The second-order valence-electron chi connectivity index (χ2n) is 4.31. The molecule has 2 nitrogen and oxygen atoms in total. The van der Waals surface area contributed by atoms with Gasteiger partial charge < -0.3 is 10.4 Å². The Bertz CT molecular complexity index is 320. The van der Waals surface area contributed by atoms with Crippen LogP contribution in [0.5, 0.6) is 0 Å². The molecule has 0 bridgehead atoms. The molecule has 0 spiro atoms. The van der Waals surface area contributed by atoms with E-state index in [1.165, 1.54) is 12.8 Å². The minimum absolute atomic E-state index is 0.115. The van der Waals surface area contributed by atoms with E-state index < -0.39 is 0 Å². The first kappa shape index (κ1) is 10.5. The van der Waals surface area contributed by atoms with Crippen LogP contribution in [0.1, 0.15) is 31.7 Å². The molecule has 1 aliphatic carbocycles. The van der Waals surface area contributed by atoms with Gasteiger partial charge in [0.15, 0.2) is 0 Å². The number of hydrogen-bond acceptors (Lipinski definition) is 2. The smallest absolute Gasteiger partial charge is 0.0701 e. The number of anilines is 1. The third-order valence-corrected chi connectivity index (χ3v) is 3.16. The van der Waals surface area contributed by atoms with Crippen LogP contribution in [0.4, 0.5) is 5.69 Å². The average molecular weight is 205 g/mol. The van der Waals surface area contributed by atoms with Gasteiger partial charge in [-0.1, -0.05) is 25.1 Å². The molecule has 2 N–H and O–H groups in total. The van der Waals surface area contributed by atoms with E-state index in [1.807, 2.05) is 18.2 Å². The van der Waals surface area contributed by atoms with Gasteiger partial charge in [-0.3, -0.25) is 0 Å². The number of aliphatic hydroxyl groups excluding tert-OH is 1. The van der Waals surface area contributed by atoms with Gasteiger partial charge in [0, 0.05) is 17.3 Å². The van der Waals surface area contributed by atoms with Crippen molar-refractivity contribution in [2.75, 3.05) is 5.32 Å². The highest BCUT2D eigenvalue weighted by atomic mass is 16.3. The van der Waals surface area contributed by atoms with Gasteiger partial charge >= 0.3 is 0 Å². The second-order valence-corrected chi connectivity index (χ2v) is 4.31. The van der Waals surface area contributed by atoms with Gasteiger partial charge in [-0.2, -0.15) is 0 Å². The van der Waals surface area contributed by atoms with Gasteiger partial charge in [-0.05, 0) is 31.2 Å². The van der Waals surface area contributed by atoms with Crippen molar-refractivity contribution in [2.24, 2.45) is 5.92 Å². The summed E-state index contributed by atoms with van der Waals surface area (Å²) in [6.07, 6.45) is 3.87. The zero-order valence-electron chi connectivity index (χ0n) is 9.24. The van der Waals surface area contributed by atoms with E-state index in [9.17, 15) is 5.11 Å². The zero-order chi connectivity index (χ0) is 10.7. The van der Waals surface area contributed by atoms with Crippen LogP contribution in [-0.4, -0.2) is 11.1 Å². The fourth-order valence-corrected chi connectivity index (χ4v) is 2.05. The predicted molar refractivity (Wildman–Crippen MR) is 62.8 cm³/mol. The molecule has 1 unspecified atom stereocenters. The highest BCUT2D eigenvalue weighted by Crippen LogP contribution is 2.36. The fourth-order valence-electron chi connectivity index (χ4n) is 2.05. The molecule has 0 saturated heterocycles. The average Bonchev–Trinajstić information content (AvgIpc) is 3.10. The minimum atomic E-state index is 0.115. The Labute approximate surface area is 91.3 Å². The summed E-state index contributed by atoms with van der Waals surface area (Å²) in [6.45, 7) is 2.34. The molecule has 0 amide bonds. The molecular weight excluding hydrogens is 186 g/mol. The number of rotatable bonds is 5.